The zero-order valence-corrected chi connectivity index (χ0v) is 31.4. The molecule has 8 nitrogen and oxygen atoms in total. The molecular formula is C38H70N2O6P+. The molecule has 3 atom stereocenters. The summed E-state index contributed by atoms with van der Waals surface area (Å²) >= 11 is 0. The summed E-state index contributed by atoms with van der Waals surface area (Å²) in [4.78, 5) is 22.9. The van der Waals surface area contributed by atoms with Gasteiger partial charge in [0.05, 0.1) is 39.9 Å². The Morgan fingerprint density at radius 2 is 1.19 bits per heavy atom. The fraction of sp³-hybridized carbons (Fsp3) is 0.711. The van der Waals surface area contributed by atoms with E-state index in [9.17, 15) is 19.4 Å². The number of carbonyl (C=O) groups excluding carboxylic acids is 1. The predicted molar refractivity (Wildman–Crippen MR) is 198 cm³/mol. The Morgan fingerprint density at radius 3 is 1.68 bits per heavy atom. The molecule has 0 heterocycles. The molecular weight excluding hydrogens is 611 g/mol. The standard InChI is InChI=1S/C38H69N2O6P/c1-6-8-10-12-14-16-18-19-20-21-22-24-26-28-30-32-38(42)39-36(35-46-47(43,44)45-34-33-40(3,4)5)37(41)31-29-27-25-23-17-15-13-11-9-7-2/h8,10,14,16,19-20,22,24,28,30,36-37,41H,6-7,9,11-13,15,17-18,21,23,25-27,29,31-35H2,1-5H3,(H-,39,42,43,44)/p+1/b10-8-,16-14-,20-19-,24-22-,30-28-. The molecule has 0 bridgehead atoms. The highest BCUT2D eigenvalue weighted by molar-refractivity contribution is 7.47. The third-order valence-corrected chi connectivity index (χ3v) is 8.54. The van der Waals surface area contributed by atoms with Gasteiger partial charge in [-0.25, -0.2) is 4.57 Å². The van der Waals surface area contributed by atoms with Crippen LogP contribution in [0.4, 0.5) is 0 Å². The highest BCUT2D eigenvalue weighted by atomic mass is 31.2. The van der Waals surface area contributed by atoms with Gasteiger partial charge in [-0.3, -0.25) is 13.8 Å². The Balaban J connectivity index is 4.67. The van der Waals surface area contributed by atoms with Gasteiger partial charge in [0.15, 0.2) is 0 Å². The Bertz CT molecular complexity index is 954. The van der Waals surface area contributed by atoms with Crippen LogP contribution in [0, 0.1) is 0 Å². The van der Waals surface area contributed by atoms with Crippen LogP contribution >= 0.6 is 7.82 Å². The number of aliphatic hydroxyl groups is 1. The number of amides is 1. The third kappa shape index (κ3) is 32.5. The Labute approximate surface area is 288 Å². The van der Waals surface area contributed by atoms with Crippen molar-refractivity contribution < 1.29 is 32.9 Å². The number of carbonyl (C=O) groups is 1. The van der Waals surface area contributed by atoms with E-state index in [2.05, 4.69) is 67.8 Å². The Kier molecular flexibility index (Phi) is 29.1. The molecule has 0 fully saturated rings. The SMILES string of the molecule is CC/C=C\C/C=C\C/C=C\C/C=C\C/C=C\CC(=O)NC(COP(=O)(O)OCC[N+](C)(C)C)C(O)CCCCCCCCCCCC. The van der Waals surface area contributed by atoms with Crippen molar-refractivity contribution in [3.63, 3.8) is 0 Å². The number of aliphatic hydroxyl groups excluding tert-OH is 1. The van der Waals surface area contributed by atoms with E-state index in [0.29, 0.717) is 17.4 Å². The number of unbranched alkanes of at least 4 members (excludes halogenated alkanes) is 9. The van der Waals surface area contributed by atoms with Crippen molar-refractivity contribution in [2.24, 2.45) is 0 Å². The lowest BCUT2D eigenvalue weighted by Crippen LogP contribution is -2.46. The Morgan fingerprint density at radius 1 is 0.723 bits per heavy atom. The van der Waals surface area contributed by atoms with E-state index in [4.69, 9.17) is 9.05 Å². The molecule has 3 unspecified atom stereocenters. The number of quaternary nitrogens is 1. The first-order valence-electron chi connectivity index (χ1n) is 18.2. The lowest BCUT2D eigenvalue weighted by molar-refractivity contribution is -0.870. The predicted octanol–water partition coefficient (Wildman–Crippen LogP) is 9.12. The van der Waals surface area contributed by atoms with Crippen molar-refractivity contribution in [3.05, 3.63) is 60.8 Å². The van der Waals surface area contributed by atoms with Crippen molar-refractivity contribution >= 4 is 13.7 Å². The molecule has 0 spiro atoms. The Hall–Kier alpha value is -1.80. The molecule has 0 rings (SSSR count). The second kappa shape index (κ2) is 30.3. The highest BCUT2D eigenvalue weighted by Crippen LogP contribution is 2.43. The number of nitrogens with one attached hydrogen (secondary N) is 1. The summed E-state index contributed by atoms with van der Waals surface area (Å²) in [7, 11) is 1.54. The van der Waals surface area contributed by atoms with Gasteiger partial charge in [0, 0.05) is 6.42 Å². The molecule has 0 radical (unpaired) electrons. The molecule has 9 heteroatoms. The van der Waals surface area contributed by atoms with E-state index in [1.54, 1.807) is 6.08 Å². The zero-order chi connectivity index (χ0) is 35.1. The molecule has 0 aromatic carbocycles. The summed E-state index contributed by atoms with van der Waals surface area (Å²) in [5, 5.41) is 13.7. The molecule has 0 saturated heterocycles. The lowest BCUT2D eigenvalue weighted by atomic mass is 10.0. The summed E-state index contributed by atoms with van der Waals surface area (Å²) in [5.41, 5.74) is 0. The number of phosphoric ester groups is 1. The van der Waals surface area contributed by atoms with Crippen LogP contribution < -0.4 is 5.32 Å². The first-order chi connectivity index (χ1) is 22.5. The molecule has 3 N–H and O–H groups in total. The molecule has 0 aliphatic heterocycles. The molecule has 0 aromatic heterocycles. The molecule has 0 saturated carbocycles. The number of allylic oxidation sites excluding steroid dienone is 9. The van der Waals surface area contributed by atoms with Crippen molar-refractivity contribution in [2.75, 3.05) is 40.9 Å². The van der Waals surface area contributed by atoms with Gasteiger partial charge in [0.25, 0.3) is 0 Å². The fourth-order valence-electron chi connectivity index (χ4n) is 4.64. The molecule has 47 heavy (non-hydrogen) atoms. The summed E-state index contributed by atoms with van der Waals surface area (Å²) in [6, 6.07) is -0.814. The van der Waals surface area contributed by atoms with Gasteiger partial charge in [-0.1, -0.05) is 139 Å². The van der Waals surface area contributed by atoms with Gasteiger partial charge < -0.3 is 19.8 Å². The van der Waals surface area contributed by atoms with Gasteiger partial charge in [0.1, 0.15) is 13.2 Å². The van der Waals surface area contributed by atoms with Gasteiger partial charge >= 0.3 is 7.82 Å². The van der Waals surface area contributed by atoms with E-state index in [1.165, 1.54) is 44.9 Å². The van der Waals surface area contributed by atoms with Gasteiger partial charge in [-0.2, -0.15) is 0 Å². The van der Waals surface area contributed by atoms with Crippen molar-refractivity contribution in [2.45, 2.75) is 135 Å². The number of rotatable bonds is 31. The van der Waals surface area contributed by atoms with Crippen LogP contribution in [0.25, 0.3) is 0 Å². The lowest BCUT2D eigenvalue weighted by Gasteiger charge is -2.26. The zero-order valence-electron chi connectivity index (χ0n) is 30.5. The highest BCUT2D eigenvalue weighted by Gasteiger charge is 2.28. The van der Waals surface area contributed by atoms with Crippen LogP contribution in [-0.4, -0.2) is 73.4 Å². The van der Waals surface area contributed by atoms with Crippen LogP contribution in [0.1, 0.15) is 123 Å². The maximum atomic E-state index is 12.7. The summed E-state index contributed by atoms with van der Waals surface area (Å²) in [5.74, 6) is -0.277. The fourth-order valence-corrected chi connectivity index (χ4v) is 5.38. The summed E-state index contributed by atoms with van der Waals surface area (Å²) < 4.78 is 23.4. The minimum Gasteiger partial charge on any atom is -0.391 e. The smallest absolute Gasteiger partial charge is 0.391 e. The minimum atomic E-state index is -4.33. The first kappa shape index (κ1) is 45.2. The van der Waals surface area contributed by atoms with Crippen LogP contribution in [0.5, 0.6) is 0 Å². The average Bonchev–Trinajstić information content (AvgIpc) is 3.01. The van der Waals surface area contributed by atoms with Crippen LogP contribution in [0.3, 0.4) is 0 Å². The second-order valence-electron chi connectivity index (χ2n) is 13.2. The van der Waals surface area contributed by atoms with E-state index in [-0.39, 0.29) is 25.5 Å². The largest absolute Gasteiger partial charge is 0.472 e. The maximum absolute atomic E-state index is 12.7. The number of likely N-dealkylation sites (N-methyl/N-ethyl adjacent to an activating group) is 1. The molecule has 0 aliphatic rings. The van der Waals surface area contributed by atoms with Gasteiger partial charge in [0.2, 0.25) is 5.91 Å². The van der Waals surface area contributed by atoms with E-state index >= 15 is 0 Å². The van der Waals surface area contributed by atoms with Crippen LogP contribution in [0.2, 0.25) is 0 Å². The third-order valence-electron chi connectivity index (χ3n) is 7.56. The monoisotopic (exact) mass is 681 g/mol. The second-order valence-corrected chi connectivity index (χ2v) is 14.7. The average molecular weight is 682 g/mol. The van der Waals surface area contributed by atoms with Gasteiger partial charge in [-0.05, 0) is 38.5 Å². The van der Waals surface area contributed by atoms with Crippen LogP contribution in [0.15, 0.2) is 60.8 Å². The minimum absolute atomic E-state index is 0.0551. The molecule has 272 valence electrons. The number of hydrogen-bond acceptors (Lipinski definition) is 5. The molecule has 0 aliphatic carbocycles. The topological polar surface area (TPSA) is 105 Å². The van der Waals surface area contributed by atoms with E-state index < -0.39 is 20.0 Å². The summed E-state index contributed by atoms with van der Waals surface area (Å²) in [6.07, 6.45) is 37.0. The summed E-state index contributed by atoms with van der Waals surface area (Å²) in [6.45, 7) is 4.64. The normalized spacial score (nSPS) is 15.5. The van der Waals surface area contributed by atoms with Crippen molar-refractivity contribution in [1.29, 1.82) is 0 Å². The molecule has 0 aromatic rings. The van der Waals surface area contributed by atoms with E-state index in [1.807, 2.05) is 27.2 Å². The van der Waals surface area contributed by atoms with Gasteiger partial charge in [-0.15, -0.1) is 0 Å². The van der Waals surface area contributed by atoms with Crippen molar-refractivity contribution in [1.82, 2.24) is 5.32 Å². The number of phosphoric acid groups is 1. The molecule has 1 amide bonds. The first-order valence-corrected chi connectivity index (χ1v) is 19.6. The van der Waals surface area contributed by atoms with E-state index in [0.717, 1.165) is 51.4 Å². The quantitative estimate of drug-likeness (QED) is 0.0292. The number of hydrogen-bond donors (Lipinski definition) is 3. The number of nitrogens with zero attached hydrogens (tertiary/aromatic N) is 1. The van der Waals surface area contributed by atoms with Crippen molar-refractivity contribution in [3.8, 4) is 0 Å². The maximum Gasteiger partial charge on any atom is 0.472 e. The van der Waals surface area contributed by atoms with Crippen LogP contribution in [-0.2, 0) is 18.4 Å².